The molecule has 0 aromatic carbocycles. The number of ether oxygens (including phenoxy) is 2. The summed E-state index contributed by atoms with van der Waals surface area (Å²) in [6.45, 7) is 5.62. The quantitative estimate of drug-likeness (QED) is 0.620. The van der Waals surface area contributed by atoms with E-state index >= 15 is 0 Å². The van der Waals surface area contributed by atoms with Crippen molar-refractivity contribution in [2.45, 2.75) is 37.5 Å². The number of nitrogens with zero attached hydrogens (tertiary/aromatic N) is 1. The minimum atomic E-state index is 0.147. The molecule has 0 saturated carbocycles. The van der Waals surface area contributed by atoms with Crippen LogP contribution < -0.4 is 0 Å². The highest BCUT2D eigenvalue weighted by Crippen LogP contribution is 2.32. The molecule has 0 radical (unpaired) electrons. The lowest BCUT2D eigenvalue weighted by molar-refractivity contribution is -0.0937. The Bertz CT molecular complexity index is 488. The third-order valence-electron chi connectivity index (χ3n) is 4.20. The average Bonchev–Trinajstić information content (AvgIpc) is 3.16. The van der Waals surface area contributed by atoms with E-state index in [1.54, 1.807) is 17.4 Å². The Morgan fingerprint density at radius 3 is 3.19 bits per heavy atom. The molecule has 1 amide bonds. The van der Waals surface area contributed by atoms with Gasteiger partial charge in [0.15, 0.2) is 0 Å². The third-order valence-corrected chi connectivity index (χ3v) is 4.89. The van der Waals surface area contributed by atoms with E-state index in [0.29, 0.717) is 13.2 Å². The molecular formula is C16H21NO3S. The largest absolute Gasteiger partial charge is 0.375 e. The van der Waals surface area contributed by atoms with Crippen molar-refractivity contribution in [3.63, 3.8) is 0 Å². The Morgan fingerprint density at radius 1 is 1.52 bits per heavy atom. The van der Waals surface area contributed by atoms with Gasteiger partial charge in [0.25, 0.3) is 5.91 Å². The summed E-state index contributed by atoms with van der Waals surface area (Å²) in [7, 11) is 0. The van der Waals surface area contributed by atoms with Crippen molar-refractivity contribution in [3.05, 3.63) is 35.0 Å². The number of likely N-dealkylation sites (tertiary alicyclic amines) is 1. The number of carbonyl (C=O) groups is 1. The second kappa shape index (κ2) is 6.73. The summed E-state index contributed by atoms with van der Waals surface area (Å²) in [5.41, 5.74) is 0.803. The molecule has 21 heavy (non-hydrogen) atoms. The van der Waals surface area contributed by atoms with Gasteiger partial charge in [0.1, 0.15) is 0 Å². The van der Waals surface area contributed by atoms with Crippen molar-refractivity contribution in [3.8, 4) is 0 Å². The van der Waals surface area contributed by atoms with Gasteiger partial charge in [-0.1, -0.05) is 6.08 Å². The van der Waals surface area contributed by atoms with Crippen LogP contribution in [-0.2, 0) is 9.47 Å². The predicted octanol–water partition coefficient (Wildman–Crippen LogP) is 2.71. The average molecular weight is 307 g/mol. The van der Waals surface area contributed by atoms with Gasteiger partial charge in [0.05, 0.1) is 37.0 Å². The van der Waals surface area contributed by atoms with Gasteiger partial charge >= 0.3 is 0 Å². The van der Waals surface area contributed by atoms with Crippen LogP contribution in [0.25, 0.3) is 0 Å². The molecule has 2 aliphatic rings. The molecule has 0 N–H and O–H groups in total. The summed E-state index contributed by atoms with van der Waals surface area (Å²) in [6, 6.07) is 2.13. The number of carbonyl (C=O) groups excluding carboxylic acids is 1. The van der Waals surface area contributed by atoms with Crippen LogP contribution in [0.2, 0.25) is 0 Å². The Morgan fingerprint density at radius 2 is 2.43 bits per heavy atom. The molecular weight excluding hydrogens is 286 g/mol. The zero-order chi connectivity index (χ0) is 14.7. The van der Waals surface area contributed by atoms with Crippen molar-refractivity contribution in [2.75, 3.05) is 19.8 Å². The van der Waals surface area contributed by atoms with Gasteiger partial charge in [-0.05, 0) is 30.7 Å². The minimum Gasteiger partial charge on any atom is -0.375 e. The molecule has 2 fully saturated rings. The van der Waals surface area contributed by atoms with Crippen LogP contribution in [0.15, 0.2) is 29.5 Å². The van der Waals surface area contributed by atoms with Crippen molar-refractivity contribution in [1.82, 2.24) is 4.90 Å². The van der Waals surface area contributed by atoms with Crippen LogP contribution in [0, 0.1) is 0 Å². The molecule has 4 nitrogen and oxygen atoms in total. The van der Waals surface area contributed by atoms with Crippen molar-refractivity contribution in [1.29, 1.82) is 0 Å². The van der Waals surface area contributed by atoms with Gasteiger partial charge < -0.3 is 14.4 Å². The van der Waals surface area contributed by atoms with E-state index in [-0.39, 0.29) is 24.2 Å². The molecule has 3 heterocycles. The summed E-state index contributed by atoms with van der Waals surface area (Å²) in [4.78, 5) is 14.5. The highest BCUT2D eigenvalue weighted by atomic mass is 32.1. The van der Waals surface area contributed by atoms with Crippen molar-refractivity contribution < 1.29 is 14.3 Å². The summed E-state index contributed by atoms with van der Waals surface area (Å²) in [5.74, 6) is 0.147. The van der Waals surface area contributed by atoms with Gasteiger partial charge in [0, 0.05) is 11.9 Å². The molecule has 3 rings (SSSR count). The summed E-state index contributed by atoms with van der Waals surface area (Å²) in [6.07, 6.45) is 4.95. The fourth-order valence-corrected chi connectivity index (χ4v) is 3.84. The maximum Gasteiger partial charge on any atom is 0.255 e. The van der Waals surface area contributed by atoms with Crippen LogP contribution in [0.5, 0.6) is 0 Å². The second-order valence-corrected chi connectivity index (χ2v) is 6.35. The summed E-state index contributed by atoms with van der Waals surface area (Å²) < 4.78 is 11.6. The molecule has 114 valence electrons. The van der Waals surface area contributed by atoms with Gasteiger partial charge in [-0.15, -0.1) is 6.58 Å². The monoisotopic (exact) mass is 307 g/mol. The molecule has 3 atom stereocenters. The highest BCUT2D eigenvalue weighted by Gasteiger charge is 2.42. The first kappa shape index (κ1) is 14.8. The fraction of sp³-hybridized carbons (Fsp3) is 0.562. The number of rotatable bonds is 5. The predicted molar refractivity (Wildman–Crippen MR) is 82.7 cm³/mol. The fourth-order valence-electron chi connectivity index (χ4n) is 3.21. The van der Waals surface area contributed by atoms with E-state index < -0.39 is 0 Å². The van der Waals surface area contributed by atoms with Gasteiger partial charge in [-0.25, -0.2) is 0 Å². The van der Waals surface area contributed by atoms with Gasteiger partial charge in [0.2, 0.25) is 0 Å². The topological polar surface area (TPSA) is 38.8 Å². The smallest absolute Gasteiger partial charge is 0.255 e. The third kappa shape index (κ3) is 3.20. The van der Waals surface area contributed by atoms with E-state index in [4.69, 9.17) is 9.47 Å². The lowest BCUT2D eigenvalue weighted by Gasteiger charge is -2.35. The standard InChI is InChI=1S/C16H21NO3S/c1-2-8-19-10-13-3-4-14-15(20-13)5-7-17(14)16(18)12-6-9-21-11-12/h2,6,9,11,13-15H,1,3-5,7-8,10H2/t13?,14-,15-/m0/s1. The molecule has 0 bridgehead atoms. The number of thiophene rings is 1. The normalized spacial score (nSPS) is 28.4. The molecule has 5 heteroatoms. The zero-order valence-electron chi connectivity index (χ0n) is 12.1. The number of hydrogen-bond donors (Lipinski definition) is 0. The first-order chi connectivity index (χ1) is 10.3. The van der Waals surface area contributed by atoms with Crippen LogP contribution >= 0.6 is 11.3 Å². The molecule has 1 aromatic heterocycles. The van der Waals surface area contributed by atoms with E-state index in [1.165, 1.54) is 0 Å². The van der Waals surface area contributed by atoms with Crippen LogP contribution in [-0.4, -0.2) is 48.8 Å². The van der Waals surface area contributed by atoms with E-state index in [9.17, 15) is 4.79 Å². The molecule has 2 aliphatic heterocycles. The maximum atomic E-state index is 12.5. The summed E-state index contributed by atoms with van der Waals surface area (Å²) >= 11 is 1.56. The highest BCUT2D eigenvalue weighted by molar-refractivity contribution is 7.08. The first-order valence-corrected chi connectivity index (χ1v) is 8.41. The Hall–Kier alpha value is -1.17. The Balaban J connectivity index is 1.57. The molecule has 0 spiro atoms. The Kier molecular flexibility index (Phi) is 4.73. The van der Waals surface area contributed by atoms with Crippen LogP contribution in [0.1, 0.15) is 29.6 Å². The van der Waals surface area contributed by atoms with Crippen molar-refractivity contribution in [2.24, 2.45) is 0 Å². The minimum absolute atomic E-state index is 0.147. The molecule has 1 aromatic rings. The van der Waals surface area contributed by atoms with Crippen LogP contribution in [0.4, 0.5) is 0 Å². The van der Waals surface area contributed by atoms with Gasteiger partial charge in [-0.3, -0.25) is 4.79 Å². The molecule has 0 aliphatic carbocycles. The van der Waals surface area contributed by atoms with Crippen LogP contribution in [0.3, 0.4) is 0 Å². The maximum absolute atomic E-state index is 12.5. The molecule has 1 unspecified atom stereocenters. The SMILES string of the molecule is C=CCOCC1CC[C@H]2[C@H](CCN2C(=O)c2ccsc2)O1. The Labute approximate surface area is 129 Å². The van der Waals surface area contributed by atoms with E-state index in [2.05, 4.69) is 6.58 Å². The lowest BCUT2D eigenvalue weighted by Crippen LogP contribution is -2.45. The first-order valence-electron chi connectivity index (χ1n) is 7.47. The number of hydrogen-bond acceptors (Lipinski definition) is 4. The van der Waals surface area contributed by atoms with Gasteiger partial charge in [-0.2, -0.15) is 11.3 Å². The van der Waals surface area contributed by atoms with E-state index in [1.807, 2.05) is 21.7 Å². The van der Waals surface area contributed by atoms with Crippen molar-refractivity contribution >= 4 is 17.2 Å². The zero-order valence-corrected chi connectivity index (χ0v) is 12.9. The van der Waals surface area contributed by atoms with E-state index in [0.717, 1.165) is 31.4 Å². The lowest BCUT2D eigenvalue weighted by atomic mass is 9.99. The molecule has 2 saturated heterocycles. The second-order valence-electron chi connectivity index (χ2n) is 5.57. The number of fused-ring (bicyclic) bond motifs is 1. The summed E-state index contributed by atoms with van der Waals surface area (Å²) in [5, 5.41) is 3.87. The number of amides is 1.